The van der Waals surface area contributed by atoms with Crippen molar-refractivity contribution in [2.24, 2.45) is 0 Å². The van der Waals surface area contributed by atoms with Crippen molar-refractivity contribution < 1.29 is 14.4 Å². The second kappa shape index (κ2) is 8.35. The number of nitrogens with zero attached hydrogens (tertiary/aromatic N) is 2. The first-order chi connectivity index (χ1) is 13.8. The number of ether oxygens (including phenoxy) is 2. The first kappa shape index (κ1) is 18.4. The van der Waals surface area contributed by atoms with E-state index in [1.165, 1.54) is 11.3 Å². The number of H-pyrrole nitrogens is 1. The quantitative estimate of drug-likeness (QED) is 0.688. The number of hydrogen-bond donors (Lipinski definition) is 2. The Morgan fingerprint density at radius 2 is 1.75 bits per heavy atom. The van der Waals surface area contributed by atoms with Gasteiger partial charge in [-0.3, -0.25) is 5.10 Å². The van der Waals surface area contributed by atoms with E-state index in [4.69, 9.17) is 9.47 Å². The molecule has 2 heterocycles. The molecule has 1 fully saturated rings. The van der Waals surface area contributed by atoms with E-state index in [9.17, 15) is 0 Å². The summed E-state index contributed by atoms with van der Waals surface area (Å²) in [5.41, 5.74) is 4.68. The lowest BCUT2D eigenvalue weighted by Gasteiger charge is -2.34. The third-order valence-electron chi connectivity index (χ3n) is 5.43. The summed E-state index contributed by atoms with van der Waals surface area (Å²) < 4.78 is 10.8. The number of quaternary nitrogens is 1. The second-order valence-electron chi connectivity index (χ2n) is 7.08. The second-order valence-corrected chi connectivity index (χ2v) is 7.08. The third-order valence-corrected chi connectivity index (χ3v) is 5.43. The fraction of sp³-hybridized carbons (Fsp3) is 0.318. The van der Waals surface area contributed by atoms with Gasteiger partial charge in [-0.25, -0.2) is 0 Å². The lowest BCUT2D eigenvalue weighted by Crippen LogP contribution is -3.13. The average Bonchev–Trinajstić information content (AvgIpc) is 3.22. The van der Waals surface area contributed by atoms with Crippen LogP contribution in [0.5, 0.6) is 11.5 Å². The van der Waals surface area contributed by atoms with E-state index < -0.39 is 0 Å². The summed E-state index contributed by atoms with van der Waals surface area (Å²) in [6.45, 7) is 5.19. The van der Waals surface area contributed by atoms with Gasteiger partial charge in [0.2, 0.25) is 0 Å². The van der Waals surface area contributed by atoms with Crippen LogP contribution in [0.1, 0.15) is 5.56 Å². The zero-order chi connectivity index (χ0) is 19.3. The molecule has 0 unspecified atom stereocenters. The van der Waals surface area contributed by atoms with Gasteiger partial charge in [0, 0.05) is 5.56 Å². The minimum atomic E-state index is 0.864. The number of anilines is 1. The molecule has 6 heteroatoms. The molecule has 0 spiro atoms. The number of methoxy groups -OCH3 is 2. The van der Waals surface area contributed by atoms with Crippen LogP contribution in [-0.2, 0) is 6.54 Å². The topological polar surface area (TPSA) is 54.8 Å². The van der Waals surface area contributed by atoms with E-state index in [0.717, 1.165) is 55.5 Å². The first-order valence-corrected chi connectivity index (χ1v) is 9.66. The van der Waals surface area contributed by atoms with Crippen LogP contribution in [0, 0.1) is 0 Å². The van der Waals surface area contributed by atoms with E-state index in [1.807, 2.05) is 30.5 Å². The van der Waals surface area contributed by atoms with Crippen molar-refractivity contribution in [3.8, 4) is 22.8 Å². The standard InChI is InChI=1S/C22H26N4O2/c1-27-19-9-7-17(8-10-19)22-18(15-23-24-22)16-25-11-13-26(14-12-25)20-5-3-4-6-21(20)28-2/h3-10,15H,11-14,16H2,1-2H3,(H,23,24)/p+1. The Kier molecular flexibility index (Phi) is 5.48. The number of aromatic nitrogens is 2. The third kappa shape index (κ3) is 3.82. The molecule has 1 saturated heterocycles. The van der Waals surface area contributed by atoms with Crippen LogP contribution < -0.4 is 19.3 Å². The zero-order valence-corrected chi connectivity index (χ0v) is 16.4. The Balaban J connectivity index is 1.41. The molecule has 6 nitrogen and oxygen atoms in total. The van der Waals surface area contributed by atoms with Crippen molar-refractivity contribution in [1.82, 2.24) is 10.2 Å². The van der Waals surface area contributed by atoms with Crippen molar-refractivity contribution in [2.45, 2.75) is 6.54 Å². The summed E-state index contributed by atoms with van der Waals surface area (Å²) in [6, 6.07) is 16.4. The van der Waals surface area contributed by atoms with Crippen molar-refractivity contribution in [1.29, 1.82) is 0 Å². The monoisotopic (exact) mass is 379 g/mol. The number of nitrogens with one attached hydrogen (secondary N) is 2. The molecule has 4 rings (SSSR count). The minimum Gasteiger partial charge on any atom is -0.497 e. The maximum absolute atomic E-state index is 5.52. The number of piperazine rings is 1. The van der Waals surface area contributed by atoms with Gasteiger partial charge in [0.25, 0.3) is 0 Å². The highest BCUT2D eigenvalue weighted by Crippen LogP contribution is 2.27. The predicted molar refractivity (Wildman–Crippen MR) is 110 cm³/mol. The molecule has 0 atom stereocenters. The first-order valence-electron chi connectivity index (χ1n) is 9.66. The van der Waals surface area contributed by atoms with E-state index in [1.54, 1.807) is 19.1 Å². The number of aromatic amines is 1. The maximum Gasteiger partial charge on any atom is 0.142 e. The van der Waals surface area contributed by atoms with Crippen LogP contribution in [0.15, 0.2) is 54.7 Å². The highest BCUT2D eigenvalue weighted by Gasteiger charge is 2.23. The highest BCUT2D eigenvalue weighted by molar-refractivity contribution is 5.63. The molecule has 146 valence electrons. The van der Waals surface area contributed by atoms with Gasteiger partial charge in [-0.15, -0.1) is 0 Å². The lowest BCUT2D eigenvalue weighted by molar-refractivity contribution is -0.914. The fourth-order valence-electron chi connectivity index (χ4n) is 3.85. The van der Waals surface area contributed by atoms with Gasteiger partial charge >= 0.3 is 0 Å². The molecule has 1 aliphatic heterocycles. The lowest BCUT2D eigenvalue weighted by atomic mass is 10.1. The van der Waals surface area contributed by atoms with Crippen molar-refractivity contribution >= 4 is 5.69 Å². The number of rotatable bonds is 6. The molecule has 0 bridgehead atoms. The Hall–Kier alpha value is -2.99. The Morgan fingerprint density at radius 3 is 2.46 bits per heavy atom. The molecular formula is C22H27N4O2+. The SMILES string of the molecule is COc1ccc(-c2[nH]ncc2C[NH+]2CCN(c3ccccc3OC)CC2)cc1. The molecule has 1 aliphatic rings. The van der Waals surface area contributed by atoms with E-state index in [2.05, 4.69) is 39.4 Å². The summed E-state index contributed by atoms with van der Waals surface area (Å²) in [4.78, 5) is 3.99. The highest BCUT2D eigenvalue weighted by atomic mass is 16.5. The maximum atomic E-state index is 5.52. The number of para-hydroxylation sites is 2. The van der Waals surface area contributed by atoms with Gasteiger partial charge in [-0.1, -0.05) is 12.1 Å². The summed E-state index contributed by atoms with van der Waals surface area (Å²) in [5.74, 6) is 1.81. The van der Waals surface area contributed by atoms with Gasteiger partial charge in [0.05, 0.1) is 63.5 Å². The van der Waals surface area contributed by atoms with Crippen LogP contribution in [0.4, 0.5) is 5.69 Å². The largest absolute Gasteiger partial charge is 0.497 e. The van der Waals surface area contributed by atoms with Crippen LogP contribution in [0.3, 0.4) is 0 Å². The van der Waals surface area contributed by atoms with Gasteiger partial charge in [-0.2, -0.15) is 5.10 Å². The molecular weight excluding hydrogens is 352 g/mol. The van der Waals surface area contributed by atoms with E-state index in [-0.39, 0.29) is 0 Å². The summed E-state index contributed by atoms with van der Waals surface area (Å²) >= 11 is 0. The smallest absolute Gasteiger partial charge is 0.142 e. The van der Waals surface area contributed by atoms with Gasteiger partial charge < -0.3 is 19.3 Å². The molecule has 1 aromatic heterocycles. The molecule has 2 N–H and O–H groups in total. The Labute approximate surface area is 165 Å². The van der Waals surface area contributed by atoms with Crippen LogP contribution in [0.2, 0.25) is 0 Å². The Morgan fingerprint density at radius 1 is 1.00 bits per heavy atom. The molecule has 2 aromatic carbocycles. The van der Waals surface area contributed by atoms with Gasteiger partial charge in [0.15, 0.2) is 0 Å². The molecule has 3 aromatic rings. The van der Waals surface area contributed by atoms with Crippen LogP contribution in [0.25, 0.3) is 11.3 Å². The van der Waals surface area contributed by atoms with Crippen molar-refractivity contribution in [3.05, 3.63) is 60.3 Å². The molecule has 0 aliphatic carbocycles. The van der Waals surface area contributed by atoms with E-state index in [0.29, 0.717) is 0 Å². The summed E-state index contributed by atoms with van der Waals surface area (Å²) in [5, 5.41) is 7.46. The van der Waals surface area contributed by atoms with Gasteiger partial charge in [0.1, 0.15) is 18.0 Å². The summed E-state index contributed by atoms with van der Waals surface area (Å²) in [6.07, 6.45) is 1.96. The normalized spacial score (nSPS) is 14.9. The number of benzene rings is 2. The van der Waals surface area contributed by atoms with Crippen molar-refractivity contribution in [3.63, 3.8) is 0 Å². The van der Waals surface area contributed by atoms with Crippen LogP contribution >= 0.6 is 0 Å². The van der Waals surface area contributed by atoms with Crippen molar-refractivity contribution in [2.75, 3.05) is 45.3 Å². The zero-order valence-electron chi connectivity index (χ0n) is 16.4. The molecule has 28 heavy (non-hydrogen) atoms. The number of hydrogen-bond acceptors (Lipinski definition) is 4. The Bertz CT molecular complexity index is 899. The van der Waals surface area contributed by atoms with E-state index >= 15 is 0 Å². The van der Waals surface area contributed by atoms with Gasteiger partial charge in [-0.05, 0) is 36.4 Å². The van der Waals surface area contributed by atoms with Crippen LogP contribution in [-0.4, -0.2) is 50.6 Å². The average molecular weight is 379 g/mol. The predicted octanol–water partition coefficient (Wildman–Crippen LogP) is 2.00. The fourth-order valence-corrected chi connectivity index (χ4v) is 3.85. The molecule has 0 radical (unpaired) electrons. The summed E-state index contributed by atoms with van der Waals surface area (Å²) in [7, 11) is 3.42. The minimum absolute atomic E-state index is 0.864. The molecule has 0 saturated carbocycles. The molecule has 0 amide bonds.